The Morgan fingerprint density at radius 1 is 0.386 bits per heavy atom. The molecule has 1 fully saturated rings. The van der Waals surface area contributed by atoms with Gasteiger partial charge in [-0.3, -0.25) is 9.11 Å². The second-order valence-corrected chi connectivity index (χ2v) is 17.3. The third-order valence-electron chi connectivity index (χ3n) is 10.1. The molecular weight excluding hydrogens is 597 g/mol. The van der Waals surface area contributed by atoms with Crippen LogP contribution in [0.1, 0.15) is 155 Å². The van der Waals surface area contributed by atoms with Crippen molar-refractivity contribution in [2.75, 3.05) is 63.9 Å². The molecule has 0 aromatic carbocycles. The van der Waals surface area contributed by atoms with Gasteiger partial charge in [-0.1, -0.05) is 117 Å². The van der Waals surface area contributed by atoms with Crippen molar-refractivity contribution >= 4 is 20.2 Å². The molecule has 8 nitrogen and oxygen atoms in total. The van der Waals surface area contributed by atoms with Crippen molar-refractivity contribution in [2.45, 2.75) is 155 Å². The first-order valence-corrected chi connectivity index (χ1v) is 21.8. The molecule has 0 atom stereocenters. The zero-order chi connectivity index (χ0) is 32.6. The minimum atomic E-state index is -3.97. The standard InChI is InChI=1S/C34H70N2O6S2/c1-3-5-7-9-11-13-15-17-19-21-25-35(27-23-33-43(37,38)39)29-31-36(32-30-35,28-24-34-44(40,41)42)26-22-20-18-16-14-12-10-8-6-4-2/h3-34H2,1-2H3/p+2. The molecule has 1 heterocycles. The predicted octanol–water partition coefficient (Wildman–Crippen LogP) is 8.03. The lowest BCUT2D eigenvalue weighted by atomic mass is 10.0. The van der Waals surface area contributed by atoms with Crippen molar-refractivity contribution in [3.63, 3.8) is 0 Å². The van der Waals surface area contributed by atoms with E-state index in [-0.39, 0.29) is 11.5 Å². The summed E-state index contributed by atoms with van der Waals surface area (Å²) in [5.41, 5.74) is 0. The highest BCUT2D eigenvalue weighted by atomic mass is 32.2. The third kappa shape index (κ3) is 22.3. The number of hydrogen-bond acceptors (Lipinski definition) is 4. The topological polar surface area (TPSA) is 109 Å². The van der Waals surface area contributed by atoms with Gasteiger partial charge in [0.05, 0.1) is 37.7 Å². The fourth-order valence-electron chi connectivity index (χ4n) is 7.22. The molecular formula is C34H72N2O6S2+2. The van der Waals surface area contributed by atoms with Crippen molar-refractivity contribution < 1.29 is 34.9 Å². The van der Waals surface area contributed by atoms with Gasteiger partial charge in [0.2, 0.25) is 0 Å². The lowest BCUT2D eigenvalue weighted by molar-refractivity contribution is -1.03. The molecule has 0 radical (unpaired) electrons. The zero-order valence-electron chi connectivity index (χ0n) is 28.9. The third-order valence-corrected chi connectivity index (χ3v) is 11.7. The Hall–Kier alpha value is -0.260. The fraction of sp³-hybridized carbons (Fsp3) is 1.00. The van der Waals surface area contributed by atoms with Gasteiger partial charge in [0.1, 0.15) is 26.2 Å². The number of rotatable bonds is 30. The lowest BCUT2D eigenvalue weighted by Crippen LogP contribution is -2.67. The van der Waals surface area contributed by atoms with Crippen LogP contribution in [0.4, 0.5) is 0 Å². The summed E-state index contributed by atoms with van der Waals surface area (Å²) in [4.78, 5) is 0. The summed E-state index contributed by atoms with van der Waals surface area (Å²) in [7, 11) is -7.93. The van der Waals surface area contributed by atoms with Crippen LogP contribution in [0.5, 0.6) is 0 Å². The summed E-state index contributed by atoms with van der Waals surface area (Å²) < 4.78 is 66.4. The quantitative estimate of drug-likeness (QED) is 0.0456. The van der Waals surface area contributed by atoms with Crippen LogP contribution < -0.4 is 0 Å². The monoisotopic (exact) mass is 668 g/mol. The molecule has 1 rings (SSSR count). The molecule has 1 aliphatic heterocycles. The van der Waals surface area contributed by atoms with Crippen LogP contribution in [0.2, 0.25) is 0 Å². The first-order valence-electron chi connectivity index (χ1n) is 18.6. The van der Waals surface area contributed by atoms with Crippen LogP contribution in [0.25, 0.3) is 0 Å². The SMILES string of the molecule is CCCCCCCCCCCC[N+]1(CCCS(=O)(=O)O)CC[N+](CCCCCCCCCCCC)(CCCS(=O)(=O)O)CC1. The van der Waals surface area contributed by atoms with Crippen LogP contribution in [0.3, 0.4) is 0 Å². The number of quaternary nitrogens is 2. The number of unbranched alkanes of at least 4 members (excludes halogenated alkanes) is 18. The van der Waals surface area contributed by atoms with Crippen molar-refractivity contribution in [1.82, 2.24) is 0 Å². The van der Waals surface area contributed by atoms with Crippen LogP contribution in [-0.4, -0.2) is 98.8 Å². The highest BCUT2D eigenvalue weighted by Gasteiger charge is 2.41. The van der Waals surface area contributed by atoms with E-state index in [2.05, 4.69) is 13.8 Å². The summed E-state index contributed by atoms with van der Waals surface area (Å²) in [6.45, 7) is 12.0. The van der Waals surface area contributed by atoms with E-state index in [4.69, 9.17) is 0 Å². The summed E-state index contributed by atoms with van der Waals surface area (Å²) in [5.74, 6) is -0.365. The van der Waals surface area contributed by atoms with E-state index in [9.17, 15) is 25.9 Å². The second-order valence-electron chi connectivity index (χ2n) is 14.1. The first kappa shape index (κ1) is 41.8. The van der Waals surface area contributed by atoms with E-state index in [1.54, 1.807) is 0 Å². The molecule has 0 saturated carbocycles. The van der Waals surface area contributed by atoms with Gasteiger partial charge in [-0.15, -0.1) is 0 Å². The largest absolute Gasteiger partial charge is 0.314 e. The van der Waals surface area contributed by atoms with E-state index < -0.39 is 20.2 Å². The van der Waals surface area contributed by atoms with E-state index in [1.165, 1.54) is 116 Å². The van der Waals surface area contributed by atoms with Gasteiger partial charge < -0.3 is 8.97 Å². The maximum atomic E-state index is 11.5. The van der Waals surface area contributed by atoms with Crippen molar-refractivity contribution in [1.29, 1.82) is 0 Å². The van der Waals surface area contributed by atoms with Gasteiger partial charge in [-0.05, 0) is 25.7 Å². The second kappa shape index (κ2) is 24.0. The van der Waals surface area contributed by atoms with E-state index in [0.717, 1.165) is 74.2 Å². The Balaban J connectivity index is 2.64. The van der Waals surface area contributed by atoms with Crippen LogP contribution >= 0.6 is 0 Å². The fourth-order valence-corrected chi connectivity index (χ4v) is 8.21. The molecule has 1 aliphatic rings. The molecule has 2 N–H and O–H groups in total. The van der Waals surface area contributed by atoms with Crippen molar-refractivity contribution in [3.05, 3.63) is 0 Å². The number of nitrogens with zero attached hydrogens (tertiary/aromatic N) is 2. The smallest absolute Gasteiger partial charge is 0.265 e. The number of hydrogen-bond donors (Lipinski definition) is 2. The molecule has 0 aromatic heterocycles. The molecule has 0 aliphatic carbocycles. The van der Waals surface area contributed by atoms with Gasteiger partial charge in [-0.2, -0.15) is 16.8 Å². The molecule has 264 valence electrons. The molecule has 0 unspecified atom stereocenters. The first-order chi connectivity index (χ1) is 20.9. The van der Waals surface area contributed by atoms with Gasteiger partial charge >= 0.3 is 0 Å². The molecule has 0 spiro atoms. The highest BCUT2D eigenvalue weighted by molar-refractivity contribution is 7.86. The average Bonchev–Trinajstić information content (AvgIpc) is 2.95. The highest BCUT2D eigenvalue weighted by Crippen LogP contribution is 2.25. The Kier molecular flexibility index (Phi) is 22.7. The Bertz CT molecular complexity index is 829. The summed E-state index contributed by atoms with van der Waals surface area (Å²) in [6, 6.07) is 0. The van der Waals surface area contributed by atoms with Crippen molar-refractivity contribution in [2.24, 2.45) is 0 Å². The van der Waals surface area contributed by atoms with E-state index in [0.29, 0.717) is 12.8 Å². The van der Waals surface area contributed by atoms with E-state index >= 15 is 0 Å². The molecule has 44 heavy (non-hydrogen) atoms. The predicted molar refractivity (Wildman–Crippen MR) is 185 cm³/mol. The summed E-state index contributed by atoms with van der Waals surface area (Å²) in [5, 5.41) is 0. The van der Waals surface area contributed by atoms with E-state index in [1.807, 2.05) is 0 Å². The van der Waals surface area contributed by atoms with Crippen LogP contribution in [0, 0.1) is 0 Å². The normalized spacial score (nSPS) is 21.2. The number of piperazine rings is 1. The Morgan fingerprint density at radius 2 is 0.614 bits per heavy atom. The minimum Gasteiger partial charge on any atom is -0.314 e. The summed E-state index contributed by atoms with van der Waals surface area (Å²) in [6.07, 6.45) is 26.7. The Morgan fingerprint density at radius 3 is 0.864 bits per heavy atom. The maximum Gasteiger partial charge on any atom is 0.265 e. The molecule has 0 bridgehead atoms. The van der Waals surface area contributed by atoms with Crippen LogP contribution in [-0.2, 0) is 20.2 Å². The maximum absolute atomic E-state index is 11.5. The van der Waals surface area contributed by atoms with Crippen molar-refractivity contribution in [3.8, 4) is 0 Å². The zero-order valence-corrected chi connectivity index (χ0v) is 30.5. The van der Waals surface area contributed by atoms with Gasteiger partial charge in [-0.25, -0.2) is 0 Å². The minimum absolute atomic E-state index is 0.183. The van der Waals surface area contributed by atoms with Crippen LogP contribution in [0.15, 0.2) is 0 Å². The lowest BCUT2D eigenvalue weighted by Gasteiger charge is -2.50. The molecule has 0 aromatic rings. The average molecular weight is 669 g/mol. The van der Waals surface area contributed by atoms with Gasteiger partial charge in [0.15, 0.2) is 0 Å². The molecule has 1 saturated heterocycles. The molecule has 10 heteroatoms. The van der Waals surface area contributed by atoms with Gasteiger partial charge in [0, 0.05) is 12.8 Å². The van der Waals surface area contributed by atoms with Gasteiger partial charge in [0.25, 0.3) is 20.2 Å². The Labute approximate surface area is 273 Å². The summed E-state index contributed by atoms with van der Waals surface area (Å²) >= 11 is 0. The molecule has 0 amide bonds.